The standard InChI is InChI=1S/C19H24N4O6S/c1-5-7-8-29-16-14(23(25)26)9-12(10-15(16)27-3)11-20-22-19-21-13(6-2)17(30-19)18(24)28-4/h9-11H,5-8H2,1-4H3,(H,21,22)/b20-11-. The van der Waals surface area contributed by atoms with Crippen molar-refractivity contribution < 1.29 is 23.9 Å². The smallest absolute Gasteiger partial charge is 0.350 e. The van der Waals surface area contributed by atoms with Crippen molar-refractivity contribution in [1.82, 2.24) is 4.98 Å². The molecule has 2 rings (SSSR count). The molecule has 30 heavy (non-hydrogen) atoms. The largest absolute Gasteiger partial charge is 0.493 e. The highest BCUT2D eigenvalue weighted by Gasteiger charge is 2.22. The molecule has 0 bridgehead atoms. The molecule has 11 heteroatoms. The van der Waals surface area contributed by atoms with Crippen molar-refractivity contribution in [3.63, 3.8) is 0 Å². The molecular weight excluding hydrogens is 412 g/mol. The van der Waals surface area contributed by atoms with Gasteiger partial charge in [0, 0.05) is 11.6 Å². The number of nitro benzene ring substituents is 1. The molecule has 0 fully saturated rings. The maximum atomic E-state index is 11.8. The number of anilines is 1. The maximum Gasteiger partial charge on any atom is 0.350 e. The summed E-state index contributed by atoms with van der Waals surface area (Å²) >= 11 is 1.12. The van der Waals surface area contributed by atoms with E-state index >= 15 is 0 Å². The lowest BCUT2D eigenvalue weighted by Gasteiger charge is -2.11. The number of thiazole rings is 1. The minimum atomic E-state index is -0.522. The lowest BCUT2D eigenvalue weighted by molar-refractivity contribution is -0.386. The summed E-state index contributed by atoms with van der Waals surface area (Å²) < 4.78 is 15.6. The first-order valence-corrected chi connectivity index (χ1v) is 10.1. The first kappa shape index (κ1) is 23.1. The van der Waals surface area contributed by atoms with Gasteiger partial charge >= 0.3 is 11.7 Å². The summed E-state index contributed by atoms with van der Waals surface area (Å²) in [6.07, 6.45) is 3.64. The molecule has 1 aromatic heterocycles. The van der Waals surface area contributed by atoms with E-state index in [1.807, 2.05) is 13.8 Å². The number of benzene rings is 1. The Morgan fingerprint density at radius 1 is 1.37 bits per heavy atom. The van der Waals surface area contributed by atoms with Crippen LogP contribution in [0, 0.1) is 10.1 Å². The van der Waals surface area contributed by atoms with Crippen LogP contribution < -0.4 is 14.9 Å². The number of rotatable bonds is 11. The van der Waals surface area contributed by atoms with Crippen LogP contribution in [0.25, 0.3) is 0 Å². The molecular formula is C19H24N4O6S. The number of hydrogen-bond acceptors (Lipinski definition) is 10. The average Bonchev–Trinajstić information content (AvgIpc) is 3.16. The molecule has 0 saturated carbocycles. The predicted octanol–water partition coefficient (Wildman–Crippen LogP) is 4.03. The highest BCUT2D eigenvalue weighted by molar-refractivity contribution is 7.17. The fourth-order valence-electron chi connectivity index (χ4n) is 2.49. The van der Waals surface area contributed by atoms with Gasteiger partial charge in [-0.15, -0.1) is 0 Å². The fourth-order valence-corrected chi connectivity index (χ4v) is 3.41. The van der Waals surface area contributed by atoms with Gasteiger partial charge in [-0.3, -0.25) is 15.5 Å². The number of methoxy groups -OCH3 is 2. The number of hydrazone groups is 1. The number of carbonyl (C=O) groups excluding carboxylic acids is 1. The van der Waals surface area contributed by atoms with E-state index in [0.29, 0.717) is 34.3 Å². The fraction of sp³-hybridized carbons (Fsp3) is 0.421. The van der Waals surface area contributed by atoms with Crippen LogP contribution in [0.3, 0.4) is 0 Å². The zero-order valence-corrected chi connectivity index (χ0v) is 18.1. The van der Waals surface area contributed by atoms with E-state index in [1.54, 1.807) is 6.07 Å². The Hall–Kier alpha value is -3.21. The summed E-state index contributed by atoms with van der Waals surface area (Å²) in [5.41, 5.74) is 3.58. The van der Waals surface area contributed by atoms with E-state index in [2.05, 4.69) is 15.5 Å². The summed E-state index contributed by atoms with van der Waals surface area (Å²) in [6, 6.07) is 2.95. The van der Waals surface area contributed by atoms with Gasteiger partial charge in [0.1, 0.15) is 4.88 Å². The third-order valence-electron chi connectivity index (χ3n) is 4.00. The Labute approximate surface area is 178 Å². The number of nitro groups is 1. The Bertz CT molecular complexity index is 928. The zero-order chi connectivity index (χ0) is 22.1. The van der Waals surface area contributed by atoms with Gasteiger partial charge < -0.3 is 14.2 Å². The Morgan fingerprint density at radius 2 is 2.13 bits per heavy atom. The molecule has 1 heterocycles. The van der Waals surface area contributed by atoms with Crippen LogP contribution in [0.5, 0.6) is 11.5 Å². The van der Waals surface area contributed by atoms with Crippen molar-refractivity contribution in [3.05, 3.63) is 38.4 Å². The second-order valence-electron chi connectivity index (χ2n) is 6.04. The third-order valence-corrected chi connectivity index (χ3v) is 4.98. The highest BCUT2D eigenvalue weighted by Crippen LogP contribution is 2.38. The number of aryl methyl sites for hydroxylation is 1. The molecule has 0 aliphatic rings. The molecule has 2 aromatic rings. The molecule has 0 amide bonds. The number of esters is 1. The Kier molecular flexibility index (Phi) is 8.54. The Balaban J connectivity index is 2.24. The molecule has 0 radical (unpaired) electrons. The van der Waals surface area contributed by atoms with Gasteiger partial charge in [0.15, 0.2) is 5.75 Å². The van der Waals surface area contributed by atoms with Crippen LogP contribution in [0.4, 0.5) is 10.8 Å². The van der Waals surface area contributed by atoms with Crippen molar-refractivity contribution in [2.75, 3.05) is 26.3 Å². The quantitative estimate of drug-likeness (QED) is 0.184. The van der Waals surface area contributed by atoms with E-state index in [4.69, 9.17) is 14.2 Å². The SMILES string of the molecule is CCCCOc1c(OC)cc(/C=N\Nc2nc(CC)c(C(=O)OC)s2)cc1[N+](=O)[O-]. The van der Waals surface area contributed by atoms with Gasteiger partial charge in [-0.05, 0) is 18.9 Å². The first-order valence-electron chi connectivity index (χ1n) is 9.31. The summed E-state index contributed by atoms with van der Waals surface area (Å²) in [4.78, 5) is 27.5. The molecule has 1 aromatic carbocycles. The molecule has 0 unspecified atom stereocenters. The van der Waals surface area contributed by atoms with Crippen LogP contribution in [0.1, 0.15) is 47.6 Å². The van der Waals surface area contributed by atoms with Gasteiger partial charge in [0.2, 0.25) is 10.9 Å². The maximum absolute atomic E-state index is 11.8. The summed E-state index contributed by atoms with van der Waals surface area (Å²) in [7, 11) is 2.73. The zero-order valence-electron chi connectivity index (χ0n) is 17.3. The third kappa shape index (κ3) is 5.66. The van der Waals surface area contributed by atoms with Crippen LogP contribution in [-0.4, -0.2) is 42.9 Å². The minimum absolute atomic E-state index is 0.0938. The second-order valence-corrected chi connectivity index (χ2v) is 7.04. The monoisotopic (exact) mass is 436 g/mol. The van der Waals surface area contributed by atoms with Crippen molar-refractivity contribution in [2.45, 2.75) is 33.1 Å². The van der Waals surface area contributed by atoms with Gasteiger partial charge in [-0.1, -0.05) is 31.6 Å². The van der Waals surface area contributed by atoms with E-state index in [-0.39, 0.29) is 17.2 Å². The van der Waals surface area contributed by atoms with Crippen LogP contribution in [0.15, 0.2) is 17.2 Å². The molecule has 1 N–H and O–H groups in total. The number of aromatic nitrogens is 1. The number of carbonyl (C=O) groups is 1. The normalized spacial score (nSPS) is 10.8. The van der Waals surface area contributed by atoms with Crippen molar-refractivity contribution in [2.24, 2.45) is 5.10 Å². The van der Waals surface area contributed by atoms with E-state index in [9.17, 15) is 14.9 Å². The molecule has 10 nitrogen and oxygen atoms in total. The molecule has 0 aliphatic carbocycles. The summed E-state index contributed by atoms with van der Waals surface area (Å²) in [5.74, 6) is -0.117. The van der Waals surface area contributed by atoms with Crippen LogP contribution in [-0.2, 0) is 11.2 Å². The first-order chi connectivity index (χ1) is 14.4. The van der Waals surface area contributed by atoms with Crippen LogP contribution in [0.2, 0.25) is 0 Å². The van der Waals surface area contributed by atoms with E-state index in [1.165, 1.54) is 26.5 Å². The number of ether oxygens (including phenoxy) is 3. The number of unbranched alkanes of at least 4 members (excludes halogenated alkanes) is 1. The Morgan fingerprint density at radius 3 is 2.73 bits per heavy atom. The summed E-state index contributed by atoms with van der Waals surface area (Å²) in [5, 5.41) is 16.0. The molecule has 0 saturated heterocycles. The number of nitrogens with zero attached hydrogens (tertiary/aromatic N) is 3. The van der Waals surface area contributed by atoms with E-state index < -0.39 is 10.9 Å². The molecule has 0 aliphatic heterocycles. The molecule has 0 spiro atoms. The van der Waals surface area contributed by atoms with Crippen molar-refractivity contribution in [3.8, 4) is 11.5 Å². The highest BCUT2D eigenvalue weighted by atomic mass is 32.1. The lowest BCUT2D eigenvalue weighted by atomic mass is 10.2. The van der Waals surface area contributed by atoms with E-state index in [0.717, 1.165) is 24.2 Å². The number of nitrogens with one attached hydrogen (secondary N) is 1. The average molecular weight is 436 g/mol. The summed E-state index contributed by atoms with van der Waals surface area (Å²) in [6.45, 7) is 4.24. The minimum Gasteiger partial charge on any atom is -0.493 e. The topological polar surface area (TPSA) is 125 Å². The second kappa shape index (κ2) is 11.1. The van der Waals surface area contributed by atoms with Crippen molar-refractivity contribution in [1.29, 1.82) is 0 Å². The molecule has 162 valence electrons. The van der Waals surface area contributed by atoms with Gasteiger partial charge in [-0.25, -0.2) is 9.78 Å². The predicted molar refractivity (Wildman–Crippen MR) is 114 cm³/mol. The van der Waals surface area contributed by atoms with Gasteiger partial charge in [-0.2, -0.15) is 5.10 Å². The number of hydrogen-bond donors (Lipinski definition) is 1. The van der Waals surface area contributed by atoms with Gasteiger partial charge in [0.25, 0.3) is 0 Å². The lowest BCUT2D eigenvalue weighted by Crippen LogP contribution is -2.03. The molecule has 0 atom stereocenters. The van der Waals surface area contributed by atoms with Crippen molar-refractivity contribution >= 4 is 34.3 Å². The van der Waals surface area contributed by atoms with Crippen LogP contribution >= 0.6 is 11.3 Å². The van der Waals surface area contributed by atoms with Gasteiger partial charge in [0.05, 0.1) is 37.7 Å².